The molecule has 1 N–H and O–H groups in total. The highest BCUT2D eigenvalue weighted by atomic mass is 32.2. The third kappa shape index (κ3) is 3.79. The van der Waals surface area contributed by atoms with Gasteiger partial charge in [0.15, 0.2) is 28.0 Å². The van der Waals surface area contributed by atoms with Crippen LogP contribution in [0.3, 0.4) is 0 Å². The summed E-state index contributed by atoms with van der Waals surface area (Å²) in [6, 6.07) is 7.48. The van der Waals surface area contributed by atoms with Gasteiger partial charge in [-0.25, -0.2) is 22.0 Å². The van der Waals surface area contributed by atoms with Crippen molar-refractivity contribution in [2.75, 3.05) is 12.4 Å². The normalized spacial score (nSPS) is 11.4. The molecule has 0 aliphatic rings. The summed E-state index contributed by atoms with van der Waals surface area (Å²) in [7, 11) is -4.21. The van der Waals surface area contributed by atoms with Gasteiger partial charge in [0.1, 0.15) is 10.7 Å². The highest BCUT2D eigenvalue weighted by Crippen LogP contribution is 2.39. The zero-order valence-corrected chi connectivity index (χ0v) is 14.4. The number of carboxylic acid groups (broad SMARTS) is 1. The zero-order chi connectivity index (χ0) is 18.8. The van der Waals surface area contributed by atoms with E-state index in [1.54, 1.807) is 31.2 Å². The van der Waals surface area contributed by atoms with Crippen LogP contribution in [0.4, 0.5) is 8.78 Å². The summed E-state index contributed by atoms with van der Waals surface area (Å²) in [5, 5.41) is 8.77. The van der Waals surface area contributed by atoms with E-state index >= 15 is 0 Å². The summed E-state index contributed by atoms with van der Waals surface area (Å²) >= 11 is 0. The number of sulfone groups is 1. The molecule has 0 radical (unpaired) electrons. The monoisotopic (exact) mass is 370 g/mol. The van der Waals surface area contributed by atoms with Gasteiger partial charge < -0.3 is 9.84 Å². The van der Waals surface area contributed by atoms with Crippen molar-refractivity contribution in [3.8, 4) is 16.9 Å². The maximum atomic E-state index is 14.8. The molecule has 0 saturated heterocycles. The molecular formula is C17H16F2O5S. The van der Waals surface area contributed by atoms with Crippen LogP contribution in [-0.2, 0) is 14.6 Å². The predicted octanol–water partition coefficient (Wildman–Crippen LogP) is 3.20. The Labute approximate surface area is 143 Å². The second kappa shape index (κ2) is 7.18. The van der Waals surface area contributed by atoms with Crippen molar-refractivity contribution in [2.24, 2.45) is 0 Å². The maximum absolute atomic E-state index is 14.8. The van der Waals surface area contributed by atoms with Crippen LogP contribution in [0.15, 0.2) is 35.2 Å². The second-order valence-electron chi connectivity index (χ2n) is 5.28. The van der Waals surface area contributed by atoms with Gasteiger partial charge in [0, 0.05) is 5.56 Å². The Morgan fingerprint density at radius 2 is 1.84 bits per heavy atom. The molecule has 0 saturated carbocycles. The number of aliphatic carboxylic acids is 1. The average Bonchev–Trinajstić information content (AvgIpc) is 2.53. The van der Waals surface area contributed by atoms with Gasteiger partial charge in [0.25, 0.3) is 0 Å². The van der Waals surface area contributed by atoms with E-state index in [1.165, 1.54) is 6.92 Å². The Balaban J connectivity index is 2.80. The molecule has 0 aliphatic carbocycles. The third-order valence-electron chi connectivity index (χ3n) is 3.60. The van der Waals surface area contributed by atoms with Gasteiger partial charge in [0.05, 0.1) is 5.75 Å². The first kappa shape index (κ1) is 18.9. The molecule has 0 heterocycles. The highest BCUT2D eigenvalue weighted by molar-refractivity contribution is 7.91. The summed E-state index contributed by atoms with van der Waals surface area (Å²) in [4.78, 5) is 9.65. The van der Waals surface area contributed by atoms with Crippen molar-refractivity contribution >= 4 is 15.8 Å². The Kier molecular flexibility index (Phi) is 5.42. The molecule has 2 aromatic rings. The molecule has 0 unspecified atom stereocenters. The van der Waals surface area contributed by atoms with E-state index in [1.807, 2.05) is 0 Å². The van der Waals surface area contributed by atoms with E-state index in [0.717, 1.165) is 6.07 Å². The SMILES string of the molecule is CCS(=O)(=O)c1c(F)cc(-c2ccccc2C)c(OCC(=O)O)c1F. The molecule has 134 valence electrons. The lowest BCUT2D eigenvalue weighted by Gasteiger charge is -2.16. The van der Waals surface area contributed by atoms with Crippen LogP contribution in [0.2, 0.25) is 0 Å². The minimum Gasteiger partial charge on any atom is -0.479 e. The quantitative estimate of drug-likeness (QED) is 0.845. The first-order valence-electron chi connectivity index (χ1n) is 7.34. The van der Waals surface area contributed by atoms with E-state index in [-0.39, 0.29) is 5.56 Å². The van der Waals surface area contributed by atoms with Crippen molar-refractivity contribution in [1.82, 2.24) is 0 Å². The molecule has 0 aliphatic heterocycles. The number of ether oxygens (including phenoxy) is 1. The standard InChI is InChI=1S/C17H16F2O5S/c1-3-25(22,23)17-13(18)8-12(11-7-5-4-6-10(11)2)16(15(17)19)24-9-14(20)21/h4-8H,3,9H2,1-2H3,(H,20,21). The molecule has 2 aromatic carbocycles. The fraction of sp³-hybridized carbons (Fsp3) is 0.235. The molecule has 5 nitrogen and oxygen atoms in total. The molecule has 0 bridgehead atoms. The molecule has 0 fully saturated rings. The minimum absolute atomic E-state index is 0.0515. The van der Waals surface area contributed by atoms with Crippen molar-refractivity contribution in [3.05, 3.63) is 47.5 Å². The number of aryl methyl sites for hydroxylation is 1. The number of hydrogen-bond acceptors (Lipinski definition) is 4. The van der Waals surface area contributed by atoms with E-state index in [4.69, 9.17) is 9.84 Å². The lowest BCUT2D eigenvalue weighted by atomic mass is 9.99. The van der Waals surface area contributed by atoms with E-state index < -0.39 is 50.4 Å². The van der Waals surface area contributed by atoms with Crippen LogP contribution < -0.4 is 4.74 Å². The fourth-order valence-corrected chi connectivity index (χ4v) is 3.37. The second-order valence-corrected chi connectivity index (χ2v) is 7.49. The van der Waals surface area contributed by atoms with Gasteiger partial charge in [0.2, 0.25) is 0 Å². The van der Waals surface area contributed by atoms with Crippen molar-refractivity contribution < 1.29 is 31.8 Å². The van der Waals surface area contributed by atoms with Crippen LogP contribution in [0.1, 0.15) is 12.5 Å². The number of carboxylic acids is 1. The molecule has 0 aromatic heterocycles. The maximum Gasteiger partial charge on any atom is 0.341 e. The number of carbonyl (C=O) groups is 1. The Bertz CT molecular complexity index is 923. The fourth-order valence-electron chi connectivity index (χ4n) is 2.36. The van der Waals surface area contributed by atoms with Crippen LogP contribution >= 0.6 is 0 Å². The average molecular weight is 370 g/mol. The molecule has 8 heteroatoms. The number of halogens is 2. The van der Waals surface area contributed by atoms with Gasteiger partial charge in [-0.15, -0.1) is 0 Å². The molecule has 25 heavy (non-hydrogen) atoms. The topological polar surface area (TPSA) is 80.7 Å². The number of benzene rings is 2. The molecule has 0 amide bonds. The van der Waals surface area contributed by atoms with Crippen molar-refractivity contribution in [1.29, 1.82) is 0 Å². The number of hydrogen-bond donors (Lipinski definition) is 1. The van der Waals surface area contributed by atoms with E-state index in [2.05, 4.69) is 0 Å². The van der Waals surface area contributed by atoms with Crippen LogP contribution in [0.25, 0.3) is 11.1 Å². The first-order valence-corrected chi connectivity index (χ1v) is 8.99. The Morgan fingerprint density at radius 1 is 1.20 bits per heavy atom. The zero-order valence-electron chi connectivity index (χ0n) is 13.5. The van der Waals surface area contributed by atoms with Gasteiger partial charge >= 0.3 is 5.97 Å². The molecular weight excluding hydrogens is 354 g/mol. The van der Waals surface area contributed by atoms with Gasteiger partial charge in [-0.3, -0.25) is 0 Å². The third-order valence-corrected chi connectivity index (χ3v) is 5.35. The summed E-state index contributed by atoms with van der Waals surface area (Å²) in [5.41, 5.74) is 1.01. The lowest BCUT2D eigenvalue weighted by Crippen LogP contribution is -2.15. The highest BCUT2D eigenvalue weighted by Gasteiger charge is 2.29. The van der Waals surface area contributed by atoms with Gasteiger partial charge in [-0.1, -0.05) is 31.2 Å². The first-order chi connectivity index (χ1) is 11.7. The summed E-state index contributed by atoms with van der Waals surface area (Å²) in [5.74, 6) is -5.17. The Morgan fingerprint density at radius 3 is 2.40 bits per heavy atom. The van der Waals surface area contributed by atoms with E-state index in [9.17, 15) is 22.0 Å². The van der Waals surface area contributed by atoms with Crippen molar-refractivity contribution in [2.45, 2.75) is 18.7 Å². The molecule has 2 rings (SSSR count). The Hall–Kier alpha value is -2.48. The van der Waals surface area contributed by atoms with Gasteiger partial charge in [-0.2, -0.15) is 0 Å². The molecule has 0 atom stereocenters. The molecule has 0 spiro atoms. The van der Waals surface area contributed by atoms with Crippen LogP contribution in [-0.4, -0.2) is 31.9 Å². The summed E-state index contributed by atoms with van der Waals surface area (Å²) in [6.45, 7) is 2.05. The van der Waals surface area contributed by atoms with Crippen LogP contribution in [0, 0.1) is 18.6 Å². The largest absolute Gasteiger partial charge is 0.479 e. The summed E-state index contributed by atoms with van der Waals surface area (Å²) < 4.78 is 58.2. The van der Waals surface area contributed by atoms with E-state index in [0.29, 0.717) is 11.1 Å². The predicted molar refractivity (Wildman–Crippen MR) is 87.4 cm³/mol. The summed E-state index contributed by atoms with van der Waals surface area (Å²) in [6.07, 6.45) is 0. The number of rotatable bonds is 6. The van der Waals surface area contributed by atoms with Gasteiger partial charge in [-0.05, 0) is 24.1 Å². The lowest BCUT2D eigenvalue weighted by molar-refractivity contribution is -0.139. The minimum atomic E-state index is -4.21. The van der Waals surface area contributed by atoms with Crippen molar-refractivity contribution in [3.63, 3.8) is 0 Å². The van der Waals surface area contributed by atoms with Crippen LogP contribution in [0.5, 0.6) is 5.75 Å². The smallest absolute Gasteiger partial charge is 0.341 e.